The molecule has 4 atom stereocenters. The Hall–Kier alpha value is -3.45. The SMILES string of the molecule is CC(C)(C)C1COC(=O)C(Cc2ccccc2)CC=CCC(CC(=O)NC(CO)Cc2ccccc2)C(=O)N1. The number of hydrogen-bond acceptors (Lipinski definition) is 5. The van der Waals surface area contributed by atoms with Crippen LogP contribution in [-0.2, 0) is 32.0 Å². The van der Waals surface area contributed by atoms with Crippen molar-refractivity contribution in [2.24, 2.45) is 17.3 Å². The van der Waals surface area contributed by atoms with Gasteiger partial charge in [0.1, 0.15) is 6.61 Å². The largest absolute Gasteiger partial charge is 0.463 e. The molecule has 0 saturated heterocycles. The Labute approximate surface area is 232 Å². The van der Waals surface area contributed by atoms with Gasteiger partial charge >= 0.3 is 5.97 Å². The van der Waals surface area contributed by atoms with Crippen molar-refractivity contribution >= 4 is 17.8 Å². The molecule has 0 bridgehead atoms. The van der Waals surface area contributed by atoms with Crippen molar-refractivity contribution in [3.05, 3.63) is 83.9 Å². The molecule has 0 fully saturated rings. The van der Waals surface area contributed by atoms with Crippen LogP contribution in [0.3, 0.4) is 0 Å². The molecule has 1 aliphatic rings. The molecule has 0 radical (unpaired) electrons. The van der Waals surface area contributed by atoms with Crippen LogP contribution in [0.2, 0.25) is 0 Å². The molecular weight excluding hydrogens is 492 g/mol. The van der Waals surface area contributed by atoms with Gasteiger partial charge in [-0.3, -0.25) is 14.4 Å². The number of carbonyl (C=O) groups excluding carboxylic acids is 3. The normalized spacial score (nSPS) is 21.6. The molecule has 0 spiro atoms. The van der Waals surface area contributed by atoms with E-state index in [1.807, 2.05) is 93.6 Å². The zero-order valence-electron chi connectivity index (χ0n) is 23.3. The number of aliphatic hydroxyl groups excluding tert-OH is 1. The van der Waals surface area contributed by atoms with Crippen LogP contribution in [-0.4, -0.2) is 48.2 Å². The van der Waals surface area contributed by atoms with Gasteiger partial charge in [-0.25, -0.2) is 0 Å². The summed E-state index contributed by atoms with van der Waals surface area (Å²) in [5, 5.41) is 15.8. The van der Waals surface area contributed by atoms with Crippen LogP contribution in [0.1, 0.15) is 51.2 Å². The number of allylic oxidation sites excluding steroid dienone is 2. The van der Waals surface area contributed by atoms with Crippen molar-refractivity contribution in [3.63, 3.8) is 0 Å². The van der Waals surface area contributed by atoms with Crippen LogP contribution in [0, 0.1) is 17.3 Å². The highest BCUT2D eigenvalue weighted by atomic mass is 16.5. The maximum atomic E-state index is 13.3. The Morgan fingerprint density at radius 1 is 0.974 bits per heavy atom. The first-order chi connectivity index (χ1) is 18.7. The van der Waals surface area contributed by atoms with Crippen molar-refractivity contribution in [3.8, 4) is 0 Å². The minimum Gasteiger partial charge on any atom is -0.463 e. The fourth-order valence-corrected chi connectivity index (χ4v) is 4.62. The van der Waals surface area contributed by atoms with Gasteiger partial charge in [0.15, 0.2) is 0 Å². The van der Waals surface area contributed by atoms with Crippen LogP contribution in [0.25, 0.3) is 0 Å². The van der Waals surface area contributed by atoms with E-state index in [4.69, 9.17) is 4.74 Å². The van der Waals surface area contributed by atoms with E-state index < -0.39 is 18.0 Å². The van der Waals surface area contributed by atoms with Gasteiger partial charge in [0.2, 0.25) is 11.8 Å². The van der Waals surface area contributed by atoms with Crippen LogP contribution in [0.5, 0.6) is 0 Å². The predicted molar refractivity (Wildman–Crippen MR) is 152 cm³/mol. The quantitative estimate of drug-likeness (QED) is 0.351. The number of cyclic esters (lactones) is 1. The van der Waals surface area contributed by atoms with Gasteiger partial charge in [0.05, 0.1) is 30.5 Å². The van der Waals surface area contributed by atoms with Gasteiger partial charge in [-0.1, -0.05) is 93.6 Å². The highest BCUT2D eigenvalue weighted by molar-refractivity contribution is 5.86. The van der Waals surface area contributed by atoms with E-state index in [1.54, 1.807) is 0 Å². The maximum absolute atomic E-state index is 13.3. The molecule has 39 heavy (non-hydrogen) atoms. The van der Waals surface area contributed by atoms with Crippen LogP contribution >= 0.6 is 0 Å². The summed E-state index contributed by atoms with van der Waals surface area (Å²) in [5.74, 6) is -1.76. The number of amides is 2. The number of hydrogen-bond donors (Lipinski definition) is 3. The van der Waals surface area contributed by atoms with E-state index in [0.29, 0.717) is 25.7 Å². The number of esters is 1. The first-order valence-corrected chi connectivity index (χ1v) is 13.8. The summed E-state index contributed by atoms with van der Waals surface area (Å²) in [7, 11) is 0. The van der Waals surface area contributed by atoms with Crippen molar-refractivity contribution in [1.82, 2.24) is 10.6 Å². The molecule has 3 N–H and O–H groups in total. The van der Waals surface area contributed by atoms with Crippen LogP contribution in [0.15, 0.2) is 72.8 Å². The molecule has 3 rings (SSSR count). The number of benzene rings is 2. The topological polar surface area (TPSA) is 105 Å². The molecule has 210 valence electrons. The Morgan fingerprint density at radius 2 is 1.56 bits per heavy atom. The van der Waals surface area contributed by atoms with Crippen molar-refractivity contribution in [2.75, 3.05) is 13.2 Å². The molecule has 7 nitrogen and oxygen atoms in total. The highest BCUT2D eigenvalue weighted by Gasteiger charge is 2.32. The van der Waals surface area contributed by atoms with Crippen molar-refractivity contribution in [2.45, 2.75) is 65.0 Å². The third-order valence-corrected chi connectivity index (χ3v) is 7.13. The van der Waals surface area contributed by atoms with Gasteiger partial charge in [0.25, 0.3) is 0 Å². The molecule has 0 aromatic heterocycles. The maximum Gasteiger partial charge on any atom is 0.309 e. The van der Waals surface area contributed by atoms with Gasteiger partial charge in [-0.2, -0.15) is 0 Å². The van der Waals surface area contributed by atoms with Gasteiger partial charge in [-0.05, 0) is 42.2 Å². The first-order valence-electron chi connectivity index (χ1n) is 13.8. The molecule has 2 amide bonds. The van der Waals surface area contributed by atoms with Crippen molar-refractivity contribution in [1.29, 1.82) is 0 Å². The van der Waals surface area contributed by atoms with E-state index >= 15 is 0 Å². The lowest BCUT2D eigenvalue weighted by Crippen LogP contribution is -2.50. The van der Waals surface area contributed by atoms with Gasteiger partial charge < -0.3 is 20.5 Å². The number of aliphatic hydroxyl groups is 1. The zero-order chi connectivity index (χ0) is 28.3. The Kier molecular flexibility index (Phi) is 11.3. The van der Waals surface area contributed by atoms with Gasteiger partial charge in [0, 0.05) is 6.42 Å². The summed E-state index contributed by atoms with van der Waals surface area (Å²) in [6, 6.07) is 18.6. The second kappa shape index (κ2) is 14.6. The molecule has 0 saturated carbocycles. The van der Waals surface area contributed by atoms with E-state index in [9.17, 15) is 19.5 Å². The average molecular weight is 535 g/mol. The third kappa shape index (κ3) is 9.98. The standard InChI is InChI=1S/C32H42N2O5/c1-32(2,3)28-22-39-31(38)26(18-23-12-6-4-7-13-23)17-11-10-16-25(30(37)34-28)20-29(36)33-27(21-35)19-24-14-8-5-9-15-24/h4-15,25-28,35H,16-22H2,1-3H3,(H,33,36)(H,34,37). The van der Waals surface area contributed by atoms with E-state index in [1.165, 1.54) is 0 Å². The predicted octanol–water partition coefficient (Wildman–Crippen LogP) is 4.00. The molecule has 0 aliphatic carbocycles. The van der Waals surface area contributed by atoms with E-state index in [2.05, 4.69) is 10.6 Å². The summed E-state index contributed by atoms with van der Waals surface area (Å²) >= 11 is 0. The summed E-state index contributed by atoms with van der Waals surface area (Å²) in [4.78, 5) is 39.3. The number of nitrogens with one attached hydrogen (secondary N) is 2. The molecular formula is C32H42N2O5. The first kappa shape index (κ1) is 30.1. The third-order valence-electron chi connectivity index (χ3n) is 7.13. The number of carbonyl (C=O) groups is 3. The lowest BCUT2D eigenvalue weighted by molar-refractivity contribution is -0.151. The molecule has 1 heterocycles. The lowest BCUT2D eigenvalue weighted by atomic mass is 9.86. The summed E-state index contributed by atoms with van der Waals surface area (Å²) in [5.41, 5.74) is 1.70. The monoisotopic (exact) mass is 534 g/mol. The van der Waals surface area contributed by atoms with E-state index in [-0.39, 0.29) is 48.8 Å². The Balaban J connectivity index is 1.73. The fourth-order valence-electron chi connectivity index (χ4n) is 4.62. The Bertz CT molecular complexity index is 1090. The Morgan fingerprint density at radius 3 is 2.15 bits per heavy atom. The molecule has 2 aromatic carbocycles. The van der Waals surface area contributed by atoms with Crippen LogP contribution in [0.4, 0.5) is 0 Å². The fraction of sp³-hybridized carbons (Fsp3) is 0.469. The molecule has 7 heteroatoms. The highest BCUT2D eigenvalue weighted by Crippen LogP contribution is 2.24. The number of rotatable bonds is 8. The average Bonchev–Trinajstić information content (AvgIpc) is 2.91. The number of ether oxygens (including phenoxy) is 1. The summed E-state index contributed by atoms with van der Waals surface area (Å²) in [6.07, 6.45) is 5.69. The smallest absolute Gasteiger partial charge is 0.309 e. The van der Waals surface area contributed by atoms with Crippen molar-refractivity contribution < 1.29 is 24.2 Å². The molecule has 4 unspecified atom stereocenters. The second-order valence-corrected chi connectivity index (χ2v) is 11.4. The minimum atomic E-state index is -0.593. The minimum absolute atomic E-state index is 0.00838. The zero-order valence-corrected chi connectivity index (χ0v) is 23.3. The van der Waals surface area contributed by atoms with Gasteiger partial charge in [-0.15, -0.1) is 0 Å². The second-order valence-electron chi connectivity index (χ2n) is 11.4. The molecule has 1 aliphatic heterocycles. The van der Waals surface area contributed by atoms with E-state index in [0.717, 1.165) is 11.1 Å². The summed E-state index contributed by atoms with van der Waals surface area (Å²) in [6.45, 7) is 5.81. The van der Waals surface area contributed by atoms with Crippen LogP contribution < -0.4 is 10.6 Å². The molecule has 2 aromatic rings. The lowest BCUT2D eigenvalue weighted by Gasteiger charge is -2.33. The summed E-state index contributed by atoms with van der Waals surface area (Å²) < 4.78 is 5.73.